The van der Waals surface area contributed by atoms with Crippen LogP contribution in [0.15, 0.2) is 30.3 Å². The summed E-state index contributed by atoms with van der Waals surface area (Å²) in [5, 5.41) is 0. The molecule has 1 unspecified atom stereocenters. The van der Waals surface area contributed by atoms with Crippen molar-refractivity contribution in [3.63, 3.8) is 0 Å². The normalized spacial score (nSPS) is 13.5. The van der Waals surface area contributed by atoms with Crippen molar-refractivity contribution < 1.29 is 13.2 Å². The smallest absolute Gasteiger partial charge is 0.214 e. The maximum absolute atomic E-state index is 12.3. The topological polar surface area (TPSA) is 54.5 Å². The zero-order valence-electron chi connectivity index (χ0n) is 11.7. The van der Waals surface area contributed by atoms with Gasteiger partial charge in [0.1, 0.15) is 0 Å². The van der Waals surface area contributed by atoms with Gasteiger partial charge in [-0.05, 0) is 13.3 Å². The lowest BCUT2D eigenvalue weighted by Crippen LogP contribution is -2.44. The van der Waals surface area contributed by atoms with E-state index in [1.807, 2.05) is 13.0 Å². The second-order valence-corrected chi connectivity index (χ2v) is 6.47. The number of Topliss-reactive ketones (excluding diaryl/α,β-unsaturated/α-hetero) is 1. The number of carbonyl (C=O) groups is 1. The molecule has 5 heteroatoms. The molecular formula is C14H21NO3S. The fourth-order valence-electron chi connectivity index (χ4n) is 2.06. The molecule has 19 heavy (non-hydrogen) atoms. The van der Waals surface area contributed by atoms with Crippen molar-refractivity contribution >= 4 is 15.8 Å². The molecule has 0 N–H and O–H groups in total. The molecule has 4 nitrogen and oxygen atoms in total. The number of likely N-dealkylation sites (N-methyl/N-ethyl adjacent to an activating group) is 1. The molecule has 0 fully saturated rings. The number of sulfonamides is 1. The molecule has 0 heterocycles. The van der Waals surface area contributed by atoms with E-state index in [9.17, 15) is 13.2 Å². The van der Waals surface area contributed by atoms with Gasteiger partial charge >= 0.3 is 0 Å². The predicted octanol–water partition coefficient (Wildman–Crippen LogP) is 2.32. The van der Waals surface area contributed by atoms with Crippen LogP contribution >= 0.6 is 0 Å². The molecular weight excluding hydrogens is 262 g/mol. The van der Waals surface area contributed by atoms with E-state index in [-0.39, 0.29) is 11.5 Å². The lowest BCUT2D eigenvalue weighted by Gasteiger charge is -2.26. The third kappa shape index (κ3) is 3.88. The van der Waals surface area contributed by atoms with Gasteiger partial charge in [-0.3, -0.25) is 4.79 Å². The third-order valence-electron chi connectivity index (χ3n) is 3.00. The minimum atomic E-state index is -3.36. The van der Waals surface area contributed by atoms with Gasteiger partial charge in [-0.25, -0.2) is 8.42 Å². The van der Waals surface area contributed by atoms with Crippen LogP contribution in [0.1, 0.15) is 37.6 Å². The Morgan fingerprint density at radius 2 is 1.79 bits per heavy atom. The summed E-state index contributed by atoms with van der Waals surface area (Å²) in [6, 6.07) is 8.13. The first kappa shape index (κ1) is 15.9. The molecule has 0 aliphatic rings. The molecule has 1 rings (SSSR count). The Hall–Kier alpha value is -1.20. The second kappa shape index (κ2) is 6.82. The van der Waals surface area contributed by atoms with Gasteiger partial charge in [-0.15, -0.1) is 0 Å². The van der Waals surface area contributed by atoms with Gasteiger partial charge in [0.15, 0.2) is 5.78 Å². The van der Waals surface area contributed by atoms with Crippen LogP contribution in [0.25, 0.3) is 0 Å². The van der Waals surface area contributed by atoms with Crippen LogP contribution < -0.4 is 0 Å². The van der Waals surface area contributed by atoms with Gasteiger partial charge in [-0.1, -0.05) is 44.2 Å². The Bertz CT molecular complexity index is 511. The SMILES string of the molecule is CCCS(=O)(=O)N(CC)C(C)C(=O)c1ccccc1. The summed E-state index contributed by atoms with van der Waals surface area (Å²) in [6.45, 7) is 5.52. The van der Waals surface area contributed by atoms with Crippen LogP contribution in [0.5, 0.6) is 0 Å². The Morgan fingerprint density at radius 3 is 2.26 bits per heavy atom. The molecule has 0 aliphatic carbocycles. The maximum atomic E-state index is 12.3. The average Bonchev–Trinajstić information content (AvgIpc) is 2.39. The summed E-state index contributed by atoms with van der Waals surface area (Å²) in [5.41, 5.74) is 0.542. The van der Waals surface area contributed by atoms with E-state index < -0.39 is 16.1 Å². The lowest BCUT2D eigenvalue weighted by molar-refractivity contribution is 0.0910. The van der Waals surface area contributed by atoms with E-state index in [1.165, 1.54) is 4.31 Å². The number of carbonyl (C=O) groups excluding carboxylic acids is 1. The standard InChI is InChI=1S/C14H21NO3S/c1-4-11-19(17,18)15(5-2)12(3)14(16)13-9-7-6-8-10-13/h6-10,12H,4-5,11H2,1-3H3. The number of benzene rings is 1. The van der Waals surface area contributed by atoms with Gasteiger partial charge in [-0.2, -0.15) is 4.31 Å². The van der Waals surface area contributed by atoms with Crippen molar-refractivity contribution in [3.8, 4) is 0 Å². The van der Waals surface area contributed by atoms with Crippen molar-refractivity contribution in [3.05, 3.63) is 35.9 Å². The first-order valence-corrected chi connectivity index (χ1v) is 8.13. The zero-order valence-corrected chi connectivity index (χ0v) is 12.5. The van der Waals surface area contributed by atoms with Gasteiger partial charge in [0, 0.05) is 12.1 Å². The van der Waals surface area contributed by atoms with E-state index in [2.05, 4.69) is 0 Å². The van der Waals surface area contributed by atoms with Gasteiger partial charge < -0.3 is 0 Å². The largest absolute Gasteiger partial charge is 0.292 e. The summed E-state index contributed by atoms with van der Waals surface area (Å²) in [6.07, 6.45) is 0.547. The molecule has 0 bridgehead atoms. The van der Waals surface area contributed by atoms with Gasteiger partial charge in [0.2, 0.25) is 10.0 Å². The van der Waals surface area contributed by atoms with E-state index in [0.717, 1.165) is 0 Å². The second-order valence-electron chi connectivity index (χ2n) is 4.43. The Morgan fingerprint density at radius 1 is 1.21 bits per heavy atom. The third-order valence-corrected chi connectivity index (χ3v) is 5.21. The highest BCUT2D eigenvalue weighted by Crippen LogP contribution is 2.14. The van der Waals surface area contributed by atoms with E-state index in [1.54, 1.807) is 38.1 Å². The molecule has 0 aromatic heterocycles. The van der Waals surface area contributed by atoms with Gasteiger partial charge in [0.05, 0.1) is 11.8 Å². The first-order chi connectivity index (χ1) is 8.94. The number of hydrogen-bond donors (Lipinski definition) is 0. The van der Waals surface area contributed by atoms with Gasteiger partial charge in [0.25, 0.3) is 0 Å². The lowest BCUT2D eigenvalue weighted by atomic mass is 10.1. The molecule has 0 saturated heterocycles. The van der Waals surface area contributed by atoms with Crippen molar-refractivity contribution in [1.29, 1.82) is 0 Å². The molecule has 0 aliphatic heterocycles. The molecule has 0 saturated carbocycles. The van der Waals surface area contributed by atoms with E-state index in [4.69, 9.17) is 0 Å². The predicted molar refractivity (Wildman–Crippen MR) is 76.7 cm³/mol. The summed E-state index contributed by atoms with van der Waals surface area (Å²) >= 11 is 0. The van der Waals surface area contributed by atoms with Crippen LogP contribution in [0, 0.1) is 0 Å². The summed E-state index contributed by atoms with van der Waals surface area (Å²) < 4.78 is 25.5. The van der Waals surface area contributed by atoms with E-state index >= 15 is 0 Å². The molecule has 0 radical (unpaired) electrons. The van der Waals surface area contributed by atoms with E-state index in [0.29, 0.717) is 18.5 Å². The van der Waals surface area contributed by atoms with Crippen LogP contribution in [0.3, 0.4) is 0 Å². The molecule has 1 aromatic carbocycles. The molecule has 0 amide bonds. The van der Waals surface area contributed by atoms with Crippen molar-refractivity contribution in [1.82, 2.24) is 4.31 Å². The maximum Gasteiger partial charge on any atom is 0.214 e. The highest BCUT2D eigenvalue weighted by molar-refractivity contribution is 7.89. The summed E-state index contributed by atoms with van der Waals surface area (Å²) in [5.74, 6) is -0.0881. The molecule has 1 aromatic rings. The average molecular weight is 283 g/mol. The summed E-state index contributed by atoms with van der Waals surface area (Å²) in [4.78, 5) is 12.3. The fraction of sp³-hybridized carbons (Fsp3) is 0.500. The number of nitrogens with zero attached hydrogens (tertiary/aromatic N) is 1. The van der Waals surface area contributed by atoms with Crippen molar-refractivity contribution in [2.24, 2.45) is 0 Å². The van der Waals surface area contributed by atoms with Crippen LogP contribution in [0.4, 0.5) is 0 Å². The zero-order chi connectivity index (χ0) is 14.5. The Kier molecular flexibility index (Phi) is 5.69. The molecule has 106 valence electrons. The summed E-state index contributed by atoms with van der Waals surface area (Å²) in [7, 11) is -3.36. The minimum Gasteiger partial charge on any atom is -0.292 e. The Balaban J connectivity index is 2.97. The minimum absolute atomic E-state index is 0.0766. The monoisotopic (exact) mass is 283 g/mol. The number of rotatable bonds is 7. The van der Waals surface area contributed by atoms with Crippen molar-refractivity contribution in [2.75, 3.05) is 12.3 Å². The fourth-order valence-corrected chi connectivity index (χ4v) is 3.78. The van der Waals surface area contributed by atoms with Crippen LogP contribution in [0.2, 0.25) is 0 Å². The van der Waals surface area contributed by atoms with Crippen LogP contribution in [-0.4, -0.2) is 36.8 Å². The number of hydrogen-bond acceptors (Lipinski definition) is 3. The highest BCUT2D eigenvalue weighted by Gasteiger charge is 2.29. The quantitative estimate of drug-likeness (QED) is 0.722. The van der Waals surface area contributed by atoms with Crippen molar-refractivity contribution in [2.45, 2.75) is 33.2 Å². The van der Waals surface area contributed by atoms with Crippen LogP contribution in [-0.2, 0) is 10.0 Å². The highest BCUT2D eigenvalue weighted by atomic mass is 32.2. The number of ketones is 1. The molecule has 1 atom stereocenters. The Labute approximate surface area is 115 Å². The molecule has 0 spiro atoms. The first-order valence-electron chi connectivity index (χ1n) is 6.52.